The second-order valence-electron chi connectivity index (χ2n) is 7.84. The van der Waals surface area contributed by atoms with Gasteiger partial charge >= 0.3 is 0 Å². The Morgan fingerprint density at radius 2 is 1.86 bits per heavy atom. The van der Waals surface area contributed by atoms with Crippen molar-refractivity contribution in [3.8, 4) is 0 Å². The molecule has 28 heavy (non-hydrogen) atoms. The van der Waals surface area contributed by atoms with Gasteiger partial charge in [-0.25, -0.2) is 9.97 Å². The zero-order valence-corrected chi connectivity index (χ0v) is 16.2. The number of aliphatic imine (C=N–C) groups is 1. The van der Waals surface area contributed by atoms with Gasteiger partial charge in [0.1, 0.15) is 11.6 Å². The number of rotatable bonds is 4. The maximum atomic E-state index is 5.44. The molecule has 0 spiro atoms. The summed E-state index contributed by atoms with van der Waals surface area (Å²) in [6, 6.07) is 6.86. The monoisotopic (exact) mass is 377 g/mol. The van der Waals surface area contributed by atoms with Crippen LogP contribution in [-0.4, -0.2) is 48.0 Å². The van der Waals surface area contributed by atoms with E-state index in [9.17, 15) is 0 Å². The first-order chi connectivity index (χ1) is 13.9. The second kappa shape index (κ2) is 7.87. The molecular formula is C22H27N5O. The average molecular weight is 377 g/mol. The molecule has 4 heterocycles. The van der Waals surface area contributed by atoms with Gasteiger partial charge in [-0.15, -0.1) is 0 Å². The van der Waals surface area contributed by atoms with Crippen LogP contribution in [0.4, 0.5) is 11.6 Å². The Bertz CT molecular complexity index is 852. The zero-order chi connectivity index (χ0) is 18.8. The molecule has 6 nitrogen and oxygen atoms in total. The van der Waals surface area contributed by atoms with E-state index in [1.165, 1.54) is 37.7 Å². The summed E-state index contributed by atoms with van der Waals surface area (Å²) in [5.74, 6) is 2.00. The van der Waals surface area contributed by atoms with Crippen LogP contribution in [0.5, 0.6) is 0 Å². The van der Waals surface area contributed by atoms with E-state index in [2.05, 4.69) is 33.4 Å². The standard InChI is InChI=1S/C22H27N5O/c1-2-4-18(5-3-1)26-22-20-16(8-9-23-22)14-25-21(20)17-6-7-19(24-15-17)27-10-12-28-13-11-27/h6-9,15,18H,1-5,10-14H2,(H,23,26). The summed E-state index contributed by atoms with van der Waals surface area (Å²) in [7, 11) is 0. The molecule has 1 saturated carbocycles. The minimum atomic E-state index is 0.524. The van der Waals surface area contributed by atoms with Crippen LogP contribution in [0, 0.1) is 0 Å². The Hall–Kier alpha value is -2.47. The van der Waals surface area contributed by atoms with Gasteiger partial charge in [0, 0.05) is 42.7 Å². The molecule has 2 aromatic rings. The number of ether oxygens (including phenoxy) is 1. The van der Waals surface area contributed by atoms with Crippen LogP contribution in [0.15, 0.2) is 35.6 Å². The zero-order valence-electron chi connectivity index (χ0n) is 16.2. The number of hydrogen-bond acceptors (Lipinski definition) is 6. The predicted molar refractivity (Wildman–Crippen MR) is 111 cm³/mol. The van der Waals surface area contributed by atoms with Crippen molar-refractivity contribution in [3.63, 3.8) is 0 Å². The molecule has 5 rings (SSSR count). The minimum absolute atomic E-state index is 0.524. The maximum Gasteiger partial charge on any atom is 0.135 e. The lowest BCUT2D eigenvalue weighted by molar-refractivity contribution is 0.122. The first-order valence-corrected chi connectivity index (χ1v) is 10.5. The number of fused-ring (bicyclic) bond motifs is 1. The number of nitrogens with zero attached hydrogens (tertiary/aromatic N) is 4. The maximum absolute atomic E-state index is 5.44. The van der Waals surface area contributed by atoms with Crippen molar-refractivity contribution in [1.82, 2.24) is 9.97 Å². The molecule has 2 aliphatic heterocycles. The molecule has 2 aromatic heterocycles. The molecule has 146 valence electrons. The third kappa shape index (κ3) is 3.49. The lowest BCUT2D eigenvalue weighted by Gasteiger charge is -2.27. The van der Waals surface area contributed by atoms with E-state index < -0.39 is 0 Å². The van der Waals surface area contributed by atoms with Crippen LogP contribution in [0.25, 0.3) is 0 Å². The van der Waals surface area contributed by atoms with Crippen LogP contribution in [0.3, 0.4) is 0 Å². The topological polar surface area (TPSA) is 62.6 Å². The van der Waals surface area contributed by atoms with Gasteiger partial charge in [-0.05, 0) is 36.6 Å². The van der Waals surface area contributed by atoms with E-state index in [0.29, 0.717) is 6.04 Å². The second-order valence-corrected chi connectivity index (χ2v) is 7.84. The third-order valence-corrected chi connectivity index (χ3v) is 5.98. The molecule has 3 aliphatic rings. The van der Waals surface area contributed by atoms with Gasteiger partial charge in [0.15, 0.2) is 0 Å². The van der Waals surface area contributed by atoms with Crippen molar-refractivity contribution in [3.05, 3.63) is 47.3 Å². The van der Waals surface area contributed by atoms with E-state index >= 15 is 0 Å². The quantitative estimate of drug-likeness (QED) is 0.885. The summed E-state index contributed by atoms with van der Waals surface area (Å²) in [6.07, 6.45) is 10.3. The van der Waals surface area contributed by atoms with Crippen molar-refractivity contribution < 1.29 is 4.74 Å². The Kier molecular flexibility index (Phi) is 4.95. The fraction of sp³-hybridized carbons (Fsp3) is 0.500. The van der Waals surface area contributed by atoms with Crippen LogP contribution in [-0.2, 0) is 11.3 Å². The first kappa shape index (κ1) is 17.6. The van der Waals surface area contributed by atoms with Gasteiger partial charge in [0.25, 0.3) is 0 Å². The Labute approximate surface area is 166 Å². The van der Waals surface area contributed by atoms with Crippen molar-refractivity contribution >= 4 is 17.3 Å². The highest BCUT2D eigenvalue weighted by Crippen LogP contribution is 2.30. The summed E-state index contributed by atoms with van der Waals surface area (Å²) >= 11 is 0. The molecule has 0 aromatic carbocycles. The Morgan fingerprint density at radius 3 is 2.64 bits per heavy atom. The largest absolute Gasteiger partial charge is 0.378 e. The number of anilines is 2. The number of morpholine rings is 1. The molecule has 0 bridgehead atoms. The van der Waals surface area contributed by atoms with Crippen molar-refractivity contribution in [2.24, 2.45) is 4.99 Å². The number of hydrogen-bond donors (Lipinski definition) is 1. The average Bonchev–Trinajstić information content (AvgIpc) is 3.21. The van der Waals surface area contributed by atoms with Crippen LogP contribution < -0.4 is 10.2 Å². The molecular weight excluding hydrogens is 350 g/mol. The molecule has 1 aliphatic carbocycles. The number of pyridine rings is 2. The van der Waals surface area contributed by atoms with Gasteiger partial charge in [-0.3, -0.25) is 4.99 Å². The smallest absolute Gasteiger partial charge is 0.135 e. The SMILES string of the molecule is c1cc2c(c(NC3CCCCC3)n1)C(c1ccc(N3CCOCC3)nc1)=NC2. The molecule has 1 saturated heterocycles. The van der Waals surface area contributed by atoms with E-state index in [0.717, 1.165) is 61.3 Å². The lowest BCUT2D eigenvalue weighted by Crippen LogP contribution is -2.36. The lowest BCUT2D eigenvalue weighted by atomic mass is 9.95. The van der Waals surface area contributed by atoms with E-state index in [-0.39, 0.29) is 0 Å². The fourth-order valence-corrected chi connectivity index (χ4v) is 4.43. The summed E-state index contributed by atoms with van der Waals surface area (Å²) in [5, 5.41) is 3.71. The minimum Gasteiger partial charge on any atom is -0.378 e. The highest BCUT2D eigenvalue weighted by atomic mass is 16.5. The molecule has 0 amide bonds. The molecule has 2 fully saturated rings. The fourth-order valence-electron chi connectivity index (χ4n) is 4.43. The van der Waals surface area contributed by atoms with Gasteiger partial charge in [-0.2, -0.15) is 0 Å². The van der Waals surface area contributed by atoms with Gasteiger partial charge in [0.05, 0.1) is 25.5 Å². The van der Waals surface area contributed by atoms with Gasteiger partial charge in [0.2, 0.25) is 0 Å². The summed E-state index contributed by atoms with van der Waals surface area (Å²) in [6.45, 7) is 4.06. The predicted octanol–water partition coefficient (Wildman–Crippen LogP) is 3.41. The Morgan fingerprint density at radius 1 is 1.00 bits per heavy atom. The van der Waals surface area contributed by atoms with E-state index in [1.807, 2.05) is 12.4 Å². The van der Waals surface area contributed by atoms with Crippen LogP contribution in [0.2, 0.25) is 0 Å². The van der Waals surface area contributed by atoms with Gasteiger partial charge in [-0.1, -0.05) is 19.3 Å². The highest BCUT2D eigenvalue weighted by Gasteiger charge is 2.24. The number of nitrogens with one attached hydrogen (secondary N) is 1. The van der Waals surface area contributed by atoms with Gasteiger partial charge < -0.3 is 15.0 Å². The van der Waals surface area contributed by atoms with E-state index in [1.54, 1.807) is 0 Å². The van der Waals surface area contributed by atoms with E-state index in [4.69, 9.17) is 14.7 Å². The summed E-state index contributed by atoms with van der Waals surface area (Å²) in [4.78, 5) is 16.5. The van der Waals surface area contributed by atoms with Crippen molar-refractivity contribution in [2.45, 2.75) is 44.7 Å². The molecule has 0 radical (unpaired) electrons. The molecule has 1 N–H and O–H groups in total. The third-order valence-electron chi connectivity index (χ3n) is 5.98. The normalized spacial score (nSPS) is 20.0. The Balaban J connectivity index is 1.39. The van der Waals surface area contributed by atoms with Crippen molar-refractivity contribution in [2.75, 3.05) is 36.5 Å². The summed E-state index contributed by atoms with van der Waals surface area (Å²) in [5.41, 5.74) is 4.49. The van der Waals surface area contributed by atoms with Crippen LogP contribution in [0.1, 0.15) is 48.8 Å². The summed E-state index contributed by atoms with van der Waals surface area (Å²) < 4.78 is 5.44. The molecule has 0 atom stereocenters. The van der Waals surface area contributed by atoms with Crippen LogP contribution >= 0.6 is 0 Å². The molecule has 6 heteroatoms. The highest BCUT2D eigenvalue weighted by molar-refractivity contribution is 6.17. The molecule has 0 unspecified atom stereocenters. The van der Waals surface area contributed by atoms with Crippen molar-refractivity contribution in [1.29, 1.82) is 0 Å². The number of aromatic nitrogens is 2. The first-order valence-electron chi connectivity index (χ1n) is 10.5.